The zero-order valence-corrected chi connectivity index (χ0v) is 12.8. The molecule has 0 fully saturated rings. The summed E-state index contributed by atoms with van der Waals surface area (Å²) in [5, 5.41) is 0.803. The van der Waals surface area contributed by atoms with Gasteiger partial charge in [-0.05, 0) is 61.7 Å². The summed E-state index contributed by atoms with van der Waals surface area (Å²) in [6, 6.07) is 12.7. The Bertz CT molecular complexity index is 581. The standard InChI is InChI=1S/C16H18ClNS/c1-11-3-4-12(2)16(9-11)19-15-6-5-13(7-8-18)10-14(15)17/h3-6,9-10H,7-8,18H2,1-2H3. The zero-order chi connectivity index (χ0) is 13.8. The molecule has 0 atom stereocenters. The Labute approximate surface area is 124 Å². The largest absolute Gasteiger partial charge is 0.330 e. The van der Waals surface area contributed by atoms with Crippen molar-refractivity contribution in [2.24, 2.45) is 5.73 Å². The van der Waals surface area contributed by atoms with Crippen LogP contribution >= 0.6 is 23.4 Å². The molecule has 0 amide bonds. The maximum absolute atomic E-state index is 6.35. The van der Waals surface area contributed by atoms with Gasteiger partial charge >= 0.3 is 0 Å². The number of halogens is 1. The van der Waals surface area contributed by atoms with Crippen LogP contribution in [0.5, 0.6) is 0 Å². The van der Waals surface area contributed by atoms with Gasteiger partial charge < -0.3 is 5.73 Å². The molecule has 0 bridgehead atoms. The van der Waals surface area contributed by atoms with E-state index in [4.69, 9.17) is 17.3 Å². The van der Waals surface area contributed by atoms with Gasteiger partial charge in [-0.3, -0.25) is 0 Å². The van der Waals surface area contributed by atoms with Gasteiger partial charge in [-0.25, -0.2) is 0 Å². The van der Waals surface area contributed by atoms with Crippen molar-refractivity contribution in [2.75, 3.05) is 6.54 Å². The van der Waals surface area contributed by atoms with E-state index in [1.165, 1.54) is 21.6 Å². The molecular weight excluding hydrogens is 274 g/mol. The van der Waals surface area contributed by atoms with E-state index in [1.54, 1.807) is 11.8 Å². The molecule has 2 N–H and O–H groups in total. The first-order valence-electron chi connectivity index (χ1n) is 6.34. The Morgan fingerprint density at radius 2 is 1.84 bits per heavy atom. The van der Waals surface area contributed by atoms with E-state index in [-0.39, 0.29) is 0 Å². The van der Waals surface area contributed by atoms with Gasteiger partial charge in [0.05, 0.1) is 5.02 Å². The monoisotopic (exact) mass is 291 g/mol. The highest BCUT2D eigenvalue weighted by atomic mass is 35.5. The predicted octanol–water partition coefficient (Wildman–Crippen LogP) is 4.61. The van der Waals surface area contributed by atoms with Crippen molar-refractivity contribution >= 4 is 23.4 Å². The molecule has 0 aliphatic heterocycles. The summed E-state index contributed by atoms with van der Waals surface area (Å²) in [6.45, 7) is 4.88. The molecular formula is C16H18ClNS. The van der Waals surface area contributed by atoms with E-state index in [0.717, 1.165) is 16.3 Å². The molecule has 0 aliphatic rings. The Morgan fingerprint density at radius 3 is 2.53 bits per heavy atom. The summed E-state index contributed by atoms with van der Waals surface area (Å²) in [4.78, 5) is 2.35. The Kier molecular flexibility index (Phi) is 4.92. The third-order valence-corrected chi connectivity index (χ3v) is 4.65. The van der Waals surface area contributed by atoms with Gasteiger partial charge in [-0.1, -0.05) is 41.6 Å². The van der Waals surface area contributed by atoms with Crippen molar-refractivity contribution in [3.8, 4) is 0 Å². The number of hydrogen-bond acceptors (Lipinski definition) is 2. The number of hydrogen-bond donors (Lipinski definition) is 1. The average Bonchev–Trinajstić information content (AvgIpc) is 2.37. The number of aryl methyl sites for hydroxylation is 2. The third-order valence-electron chi connectivity index (χ3n) is 2.99. The SMILES string of the molecule is Cc1ccc(C)c(Sc2ccc(CCN)cc2Cl)c1. The van der Waals surface area contributed by atoms with E-state index in [1.807, 2.05) is 6.07 Å². The Morgan fingerprint density at radius 1 is 1.05 bits per heavy atom. The van der Waals surface area contributed by atoms with Crippen LogP contribution < -0.4 is 5.73 Å². The van der Waals surface area contributed by atoms with Crippen LogP contribution in [-0.2, 0) is 6.42 Å². The molecule has 2 aromatic carbocycles. The summed E-state index contributed by atoms with van der Waals surface area (Å²) in [7, 11) is 0. The van der Waals surface area contributed by atoms with Gasteiger partial charge in [-0.2, -0.15) is 0 Å². The average molecular weight is 292 g/mol. The van der Waals surface area contributed by atoms with E-state index in [9.17, 15) is 0 Å². The molecule has 19 heavy (non-hydrogen) atoms. The van der Waals surface area contributed by atoms with E-state index in [2.05, 4.69) is 44.2 Å². The summed E-state index contributed by atoms with van der Waals surface area (Å²) < 4.78 is 0. The van der Waals surface area contributed by atoms with Gasteiger partial charge in [0.15, 0.2) is 0 Å². The van der Waals surface area contributed by atoms with Crippen molar-refractivity contribution < 1.29 is 0 Å². The molecule has 0 aromatic heterocycles. The lowest BCUT2D eigenvalue weighted by Gasteiger charge is -2.09. The predicted molar refractivity (Wildman–Crippen MR) is 84.2 cm³/mol. The topological polar surface area (TPSA) is 26.0 Å². The number of benzene rings is 2. The second-order valence-electron chi connectivity index (χ2n) is 4.67. The summed E-state index contributed by atoms with van der Waals surface area (Å²) in [5.74, 6) is 0. The smallest absolute Gasteiger partial charge is 0.0548 e. The first-order valence-corrected chi connectivity index (χ1v) is 7.53. The first-order chi connectivity index (χ1) is 9.10. The maximum atomic E-state index is 6.35. The minimum absolute atomic E-state index is 0.653. The zero-order valence-electron chi connectivity index (χ0n) is 11.2. The van der Waals surface area contributed by atoms with E-state index in [0.29, 0.717) is 6.54 Å². The molecule has 0 heterocycles. The number of nitrogens with two attached hydrogens (primary N) is 1. The quantitative estimate of drug-likeness (QED) is 0.890. The fraction of sp³-hybridized carbons (Fsp3) is 0.250. The Balaban J connectivity index is 2.25. The maximum Gasteiger partial charge on any atom is 0.0548 e. The van der Waals surface area contributed by atoms with Crippen molar-refractivity contribution in [3.63, 3.8) is 0 Å². The second-order valence-corrected chi connectivity index (χ2v) is 6.17. The van der Waals surface area contributed by atoms with Gasteiger partial charge in [0, 0.05) is 9.79 Å². The number of rotatable bonds is 4. The highest BCUT2D eigenvalue weighted by Gasteiger charge is 2.06. The van der Waals surface area contributed by atoms with Gasteiger partial charge in [0.2, 0.25) is 0 Å². The van der Waals surface area contributed by atoms with Crippen LogP contribution in [0.25, 0.3) is 0 Å². The van der Waals surface area contributed by atoms with Crippen LogP contribution in [0.3, 0.4) is 0 Å². The van der Waals surface area contributed by atoms with Crippen molar-refractivity contribution in [2.45, 2.75) is 30.1 Å². The molecule has 0 unspecified atom stereocenters. The molecule has 0 radical (unpaired) electrons. The second kappa shape index (κ2) is 6.47. The van der Waals surface area contributed by atoms with Gasteiger partial charge in [0.1, 0.15) is 0 Å². The van der Waals surface area contributed by atoms with Crippen LogP contribution in [0.1, 0.15) is 16.7 Å². The molecule has 2 aromatic rings. The molecule has 2 rings (SSSR count). The third kappa shape index (κ3) is 3.75. The van der Waals surface area contributed by atoms with Crippen molar-refractivity contribution in [1.29, 1.82) is 0 Å². The fourth-order valence-corrected chi connectivity index (χ4v) is 3.21. The highest BCUT2D eigenvalue weighted by molar-refractivity contribution is 7.99. The highest BCUT2D eigenvalue weighted by Crippen LogP contribution is 2.35. The Hall–Kier alpha value is -0.960. The lowest BCUT2D eigenvalue weighted by Crippen LogP contribution is -2.02. The molecule has 100 valence electrons. The van der Waals surface area contributed by atoms with Gasteiger partial charge in [-0.15, -0.1) is 0 Å². The lowest BCUT2D eigenvalue weighted by atomic mass is 10.1. The molecule has 0 spiro atoms. The molecule has 3 heteroatoms. The summed E-state index contributed by atoms with van der Waals surface area (Å²) in [6.07, 6.45) is 0.869. The molecule has 0 aliphatic carbocycles. The summed E-state index contributed by atoms with van der Waals surface area (Å²) in [5.41, 5.74) is 9.30. The van der Waals surface area contributed by atoms with Crippen LogP contribution in [0, 0.1) is 13.8 Å². The lowest BCUT2D eigenvalue weighted by molar-refractivity contribution is 0.966. The molecule has 0 saturated carbocycles. The van der Waals surface area contributed by atoms with Crippen LogP contribution in [0.2, 0.25) is 5.02 Å². The first kappa shape index (κ1) is 14.4. The molecule has 1 nitrogen and oxygen atoms in total. The van der Waals surface area contributed by atoms with Crippen LogP contribution in [-0.4, -0.2) is 6.54 Å². The summed E-state index contributed by atoms with van der Waals surface area (Å²) >= 11 is 8.06. The van der Waals surface area contributed by atoms with Crippen LogP contribution in [0.4, 0.5) is 0 Å². The van der Waals surface area contributed by atoms with Gasteiger partial charge in [0.25, 0.3) is 0 Å². The van der Waals surface area contributed by atoms with Crippen molar-refractivity contribution in [3.05, 3.63) is 58.1 Å². The van der Waals surface area contributed by atoms with E-state index >= 15 is 0 Å². The van der Waals surface area contributed by atoms with E-state index < -0.39 is 0 Å². The fourth-order valence-electron chi connectivity index (χ4n) is 1.89. The minimum Gasteiger partial charge on any atom is -0.330 e. The molecule has 0 saturated heterocycles. The van der Waals surface area contributed by atoms with Crippen LogP contribution in [0.15, 0.2) is 46.2 Å². The normalized spacial score (nSPS) is 10.7. The minimum atomic E-state index is 0.653. The van der Waals surface area contributed by atoms with Crippen molar-refractivity contribution in [1.82, 2.24) is 0 Å².